The molecule has 2 N–H and O–H groups in total. The Labute approximate surface area is 162 Å². The molecule has 1 fully saturated rings. The quantitative estimate of drug-likeness (QED) is 0.713. The van der Waals surface area contributed by atoms with E-state index >= 15 is 0 Å². The van der Waals surface area contributed by atoms with Crippen LogP contribution in [0.2, 0.25) is 0 Å². The highest BCUT2D eigenvalue weighted by molar-refractivity contribution is 5.86. The third kappa shape index (κ3) is 2.78. The van der Waals surface area contributed by atoms with Crippen molar-refractivity contribution in [3.8, 4) is 11.5 Å². The number of imidazole rings is 1. The van der Waals surface area contributed by atoms with Crippen molar-refractivity contribution in [3.63, 3.8) is 0 Å². The summed E-state index contributed by atoms with van der Waals surface area (Å²) in [6, 6.07) is 3.66. The highest BCUT2D eigenvalue weighted by atomic mass is 16.5. The van der Waals surface area contributed by atoms with Crippen LogP contribution in [0.1, 0.15) is 19.7 Å². The molecule has 2 aliphatic heterocycles. The fraction of sp³-hybridized carbons (Fsp3) is 0.474. The maximum atomic E-state index is 5.94. The number of morpholine rings is 1. The number of ether oxygens (including phenoxy) is 2. The molecule has 2 aliphatic rings. The summed E-state index contributed by atoms with van der Waals surface area (Å²) in [4.78, 5) is 21.2. The Kier molecular flexibility index (Phi) is 3.95. The second-order valence-electron chi connectivity index (χ2n) is 7.57. The molecule has 0 aromatic carbocycles. The van der Waals surface area contributed by atoms with Gasteiger partial charge in [-0.2, -0.15) is 0 Å². The van der Waals surface area contributed by atoms with Gasteiger partial charge in [-0.25, -0.2) is 15.0 Å². The van der Waals surface area contributed by atoms with Crippen molar-refractivity contribution in [1.82, 2.24) is 24.5 Å². The van der Waals surface area contributed by atoms with E-state index in [2.05, 4.69) is 14.5 Å². The number of nitrogen functional groups attached to an aromatic ring is 1. The van der Waals surface area contributed by atoms with Gasteiger partial charge < -0.3 is 24.7 Å². The number of anilines is 2. The maximum Gasteiger partial charge on any atom is 0.182 e. The lowest BCUT2D eigenvalue weighted by Crippen LogP contribution is -2.37. The van der Waals surface area contributed by atoms with E-state index in [0.29, 0.717) is 43.6 Å². The molecular formula is C19H23N7O2. The molecule has 5 rings (SSSR count). The lowest BCUT2D eigenvalue weighted by Gasteiger charge is -2.30. The van der Waals surface area contributed by atoms with E-state index in [-0.39, 0.29) is 0 Å². The highest BCUT2D eigenvalue weighted by Gasteiger charge is 2.34. The van der Waals surface area contributed by atoms with Crippen LogP contribution in [0.25, 0.3) is 22.7 Å². The molecule has 28 heavy (non-hydrogen) atoms. The minimum absolute atomic E-state index is 0.471. The molecule has 0 bridgehead atoms. The second-order valence-corrected chi connectivity index (χ2v) is 7.57. The van der Waals surface area contributed by atoms with Crippen molar-refractivity contribution in [1.29, 1.82) is 0 Å². The number of nitrogens with zero attached hydrogens (tertiary/aromatic N) is 6. The third-order valence-electron chi connectivity index (χ3n) is 5.22. The zero-order chi connectivity index (χ0) is 19.3. The SMILES string of the molecule is CC1(C)OCCn2c1nc1c(N3CCOCC3)nc(-c3ccc(N)cn3)nc12. The monoisotopic (exact) mass is 381 g/mol. The first kappa shape index (κ1) is 17.3. The molecule has 9 nitrogen and oxygen atoms in total. The van der Waals surface area contributed by atoms with Crippen LogP contribution in [0, 0.1) is 0 Å². The largest absolute Gasteiger partial charge is 0.397 e. The Hall–Kier alpha value is -2.78. The van der Waals surface area contributed by atoms with Crippen molar-refractivity contribution in [2.45, 2.75) is 26.0 Å². The Morgan fingerprint density at radius 3 is 2.61 bits per heavy atom. The van der Waals surface area contributed by atoms with Crippen LogP contribution in [0.15, 0.2) is 18.3 Å². The first-order valence-corrected chi connectivity index (χ1v) is 9.50. The summed E-state index contributed by atoms with van der Waals surface area (Å²) in [6.07, 6.45) is 1.63. The molecule has 0 amide bonds. The van der Waals surface area contributed by atoms with E-state index in [1.165, 1.54) is 0 Å². The second kappa shape index (κ2) is 6.39. The number of aromatic nitrogens is 5. The molecule has 146 valence electrons. The van der Waals surface area contributed by atoms with E-state index in [4.69, 9.17) is 30.2 Å². The molecule has 0 spiro atoms. The molecule has 1 saturated heterocycles. The molecule has 5 heterocycles. The smallest absolute Gasteiger partial charge is 0.182 e. The van der Waals surface area contributed by atoms with Gasteiger partial charge in [0.2, 0.25) is 0 Å². The van der Waals surface area contributed by atoms with Crippen LogP contribution < -0.4 is 10.6 Å². The minimum Gasteiger partial charge on any atom is -0.397 e. The summed E-state index contributed by atoms with van der Waals surface area (Å²) in [7, 11) is 0. The molecule has 0 unspecified atom stereocenters. The molecule has 3 aromatic heterocycles. The summed E-state index contributed by atoms with van der Waals surface area (Å²) in [6.45, 7) is 8.28. The van der Waals surface area contributed by atoms with Crippen molar-refractivity contribution < 1.29 is 9.47 Å². The first-order valence-electron chi connectivity index (χ1n) is 9.50. The van der Waals surface area contributed by atoms with Gasteiger partial charge in [-0.3, -0.25) is 4.98 Å². The van der Waals surface area contributed by atoms with Gasteiger partial charge in [0.15, 0.2) is 22.8 Å². The molecule has 0 saturated carbocycles. The Morgan fingerprint density at radius 2 is 1.86 bits per heavy atom. The van der Waals surface area contributed by atoms with Crippen molar-refractivity contribution >= 4 is 22.7 Å². The van der Waals surface area contributed by atoms with Gasteiger partial charge in [-0.05, 0) is 26.0 Å². The molecule has 0 aliphatic carbocycles. The van der Waals surface area contributed by atoms with Gasteiger partial charge >= 0.3 is 0 Å². The Bertz CT molecular complexity index is 1020. The number of pyridine rings is 1. The summed E-state index contributed by atoms with van der Waals surface area (Å²) in [5.41, 5.74) is 8.24. The zero-order valence-corrected chi connectivity index (χ0v) is 16.1. The predicted molar refractivity (Wildman–Crippen MR) is 105 cm³/mol. The average molecular weight is 381 g/mol. The van der Waals surface area contributed by atoms with Gasteiger partial charge in [0.1, 0.15) is 17.1 Å². The van der Waals surface area contributed by atoms with E-state index in [0.717, 1.165) is 35.9 Å². The Morgan fingerprint density at radius 1 is 1.04 bits per heavy atom. The standard InChI is InChI=1S/C19H23N7O2/c1-19(2)18-22-14-16(25-5-8-27-9-6-25)23-15(13-4-3-12(20)11-21-13)24-17(14)26(18)7-10-28-19/h3-4,11H,5-10,20H2,1-2H3. The fourth-order valence-corrected chi connectivity index (χ4v) is 3.76. The number of hydrogen-bond acceptors (Lipinski definition) is 8. The maximum absolute atomic E-state index is 5.94. The minimum atomic E-state index is -0.471. The molecule has 0 atom stereocenters. The lowest BCUT2D eigenvalue weighted by molar-refractivity contribution is -0.0530. The van der Waals surface area contributed by atoms with Gasteiger partial charge in [-0.1, -0.05) is 0 Å². The highest BCUT2D eigenvalue weighted by Crippen LogP contribution is 2.34. The van der Waals surface area contributed by atoms with Crippen LogP contribution in [-0.2, 0) is 21.6 Å². The normalized spacial score (nSPS) is 19.0. The van der Waals surface area contributed by atoms with E-state index in [1.54, 1.807) is 6.20 Å². The van der Waals surface area contributed by atoms with Crippen LogP contribution in [0.5, 0.6) is 0 Å². The zero-order valence-electron chi connectivity index (χ0n) is 16.1. The van der Waals surface area contributed by atoms with Gasteiger partial charge in [-0.15, -0.1) is 0 Å². The number of rotatable bonds is 2. The van der Waals surface area contributed by atoms with Crippen molar-refractivity contribution in [3.05, 3.63) is 24.2 Å². The van der Waals surface area contributed by atoms with E-state index < -0.39 is 5.60 Å². The van der Waals surface area contributed by atoms with E-state index in [1.807, 2.05) is 26.0 Å². The average Bonchev–Trinajstić information content (AvgIpc) is 3.09. The summed E-state index contributed by atoms with van der Waals surface area (Å²) in [5, 5.41) is 0. The van der Waals surface area contributed by atoms with E-state index in [9.17, 15) is 0 Å². The predicted octanol–water partition coefficient (Wildman–Crippen LogP) is 1.57. The van der Waals surface area contributed by atoms with Crippen LogP contribution in [0.3, 0.4) is 0 Å². The van der Waals surface area contributed by atoms with Crippen LogP contribution >= 0.6 is 0 Å². The van der Waals surface area contributed by atoms with Crippen LogP contribution in [0.4, 0.5) is 11.5 Å². The van der Waals surface area contributed by atoms with Gasteiger partial charge in [0.25, 0.3) is 0 Å². The summed E-state index contributed by atoms with van der Waals surface area (Å²) in [5.74, 6) is 2.26. The third-order valence-corrected chi connectivity index (χ3v) is 5.22. The number of fused-ring (bicyclic) bond motifs is 3. The summed E-state index contributed by atoms with van der Waals surface area (Å²) >= 11 is 0. The number of nitrogens with two attached hydrogens (primary N) is 1. The van der Waals surface area contributed by atoms with Crippen molar-refractivity contribution in [2.24, 2.45) is 0 Å². The molecule has 3 aromatic rings. The molecule has 9 heteroatoms. The lowest BCUT2D eigenvalue weighted by atomic mass is 10.1. The molecule has 0 radical (unpaired) electrons. The molecular weight excluding hydrogens is 358 g/mol. The number of hydrogen-bond donors (Lipinski definition) is 1. The fourth-order valence-electron chi connectivity index (χ4n) is 3.76. The summed E-state index contributed by atoms with van der Waals surface area (Å²) < 4.78 is 13.6. The van der Waals surface area contributed by atoms with Gasteiger partial charge in [0.05, 0.1) is 31.7 Å². The van der Waals surface area contributed by atoms with Crippen LogP contribution in [-0.4, -0.2) is 57.4 Å². The first-order chi connectivity index (χ1) is 13.5. The topological polar surface area (TPSA) is 104 Å². The van der Waals surface area contributed by atoms with Crippen molar-refractivity contribution in [2.75, 3.05) is 43.5 Å². The van der Waals surface area contributed by atoms with Gasteiger partial charge in [0, 0.05) is 19.6 Å². The Balaban J connectivity index is 1.75.